The van der Waals surface area contributed by atoms with E-state index in [1.165, 1.54) is 0 Å². The molecule has 0 aromatic heterocycles. The van der Waals surface area contributed by atoms with E-state index in [4.69, 9.17) is 9.47 Å². The van der Waals surface area contributed by atoms with Gasteiger partial charge in [0, 0.05) is 6.42 Å². The van der Waals surface area contributed by atoms with Crippen LogP contribution in [-0.2, 0) is 19.1 Å². The van der Waals surface area contributed by atoms with Crippen LogP contribution in [0.4, 0.5) is 0 Å². The SMILES string of the molecule is CCOC(=O)C[C@@H]1CCC(=O)[C@@H]2O[C@H]12. The second-order valence-electron chi connectivity index (χ2n) is 3.80. The number of fused-ring (bicyclic) bond motifs is 1. The van der Waals surface area contributed by atoms with Gasteiger partial charge < -0.3 is 9.47 Å². The molecule has 0 radical (unpaired) electrons. The Morgan fingerprint density at radius 1 is 1.64 bits per heavy atom. The van der Waals surface area contributed by atoms with Crippen LogP contribution in [0.25, 0.3) is 0 Å². The molecule has 0 amide bonds. The maximum atomic E-state index is 11.2. The number of epoxide rings is 1. The summed E-state index contributed by atoms with van der Waals surface area (Å²) in [7, 11) is 0. The summed E-state index contributed by atoms with van der Waals surface area (Å²) in [6.45, 7) is 2.21. The molecule has 0 aromatic carbocycles. The van der Waals surface area contributed by atoms with Crippen LogP contribution in [0, 0.1) is 5.92 Å². The third-order valence-corrected chi connectivity index (χ3v) is 2.80. The first-order chi connectivity index (χ1) is 6.72. The van der Waals surface area contributed by atoms with E-state index in [9.17, 15) is 9.59 Å². The van der Waals surface area contributed by atoms with Crippen LogP contribution in [0.3, 0.4) is 0 Å². The number of Topliss-reactive ketones (excluding diaryl/α,β-unsaturated/α-hetero) is 1. The highest BCUT2D eigenvalue weighted by Gasteiger charge is 2.52. The van der Waals surface area contributed by atoms with Gasteiger partial charge in [0.1, 0.15) is 6.10 Å². The van der Waals surface area contributed by atoms with Crippen molar-refractivity contribution in [3.63, 3.8) is 0 Å². The molecule has 2 aliphatic rings. The second kappa shape index (κ2) is 3.69. The largest absolute Gasteiger partial charge is 0.466 e. The van der Waals surface area contributed by atoms with E-state index in [0.717, 1.165) is 6.42 Å². The predicted octanol–water partition coefficient (Wildman–Crippen LogP) is 0.686. The Morgan fingerprint density at radius 2 is 2.43 bits per heavy atom. The molecule has 1 aliphatic heterocycles. The third kappa shape index (κ3) is 1.80. The fourth-order valence-corrected chi connectivity index (χ4v) is 2.03. The highest BCUT2D eigenvalue weighted by molar-refractivity contribution is 5.87. The van der Waals surface area contributed by atoms with Gasteiger partial charge in [-0.3, -0.25) is 9.59 Å². The Balaban J connectivity index is 1.83. The Bertz CT molecular complexity index is 261. The number of rotatable bonds is 3. The van der Waals surface area contributed by atoms with E-state index in [0.29, 0.717) is 19.4 Å². The number of carbonyl (C=O) groups is 2. The summed E-state index contributed by atoms with van der Waals surface area (Å²) >= 11 is 0. The first-order valence-corrected chi connectivity index (χ1v) is 5.06. The van der Waals surface area contributed by atoms with E-state index in [1.54, 1.807) is 6.92 Å². The number of carbonyl (C=O) groups excluding carboxylic acids is 2. The average Bonchev–Trinajstić information content (AvgIpc) is 2.90. The standard InChI is InChI=1S/C10H14O4/c1-2-13-8(12)5-6-3-4-7(11)10-9(6)14-10/h6,9-10H,2-5H2,1H3/t6-,9+,10-/m0/s1. The molecule has 0 aromatic rings. The molecule has 3 atom stereocenters. The molecule has 0 unspecified atom stereocenters. The molecule has 1 saturated heterocycles. The number of hydrogen-bond acceptors (Lipinski definition) is 4. The van der Waals surface area contributed by atoms with Crippen molar-refractivity contribution in [2.24, 2.45) is 5.92 Å². The average molecular weight is 198 g/mol. The molecule has 4 nitrogen and oxygen atoms in total. The monoisotopic (exact) mass is 198 g/mol. The summed E-state index contributed by atoms with van der Waals surface area (Å²) < 4.78 is 10.1. The molecule has 4 heteroatoms. The molecule has 78 valence electrons. The Morgan fingerprint density at radius 3 is 3.14 bits per heavy atom. The molecule has 2 rings (SSSR count). The normalized spacial score (nSPS) is 34.9. The van der Waals surface area contributed by atoms with Gasteiger partial charge in [-0.15, -0.1) is 0 Å². The van der Waals surface area contributed by atoms with Gasteiger partial charge in [0.15, 0.2) is 5.78 Å². The van der Waals surface area contributed by atoms with Gasteiger partial charge in [-0.2, -0.15) is 0 Å². The first-order valence-electron chi connectivity index (χ1n) is 5.06. The van der Waals surface area contributed by atoms with Crippen molar-refractivity contribution in [1.82, 2.24) is 0 Å². The van der Waals surface area contributed by atoms with Gasteiger partial charge in [0.2, 0.25) is 0 Å². The van der Waals surface area contributed by atoms with Crippen molar-refractivity contribution in [2.45, 2.75) is 38.4 Å². The number of ether oxygens (including phenoxy) is 2. The number of hydrogen-bond donors (Lipinski definition) is 0. The summed E-state index contributed by atoms with van der Waals surface area (Å²) in [5, 5.41) is 0. The maximum Gasteiger partial charge on any atom is 0.306 e. The van der Waals surface area contributed by atoms with Gasteiger partial charge in [0.25, 0.3) is 0 Å². The topological polar surface area (TPSA) is 55.9 Å². The minimum absolute atomic E-state index is 0.000608. The van der Waals surface area contributed by atoms with Gasteiger partial charge in [-0.1, -0.05) is 0 Å². The molecule has 1 heterocycles. The molecule has 0 spiro atoms. The molecule has 1 aliphatic carbocycles. The van der Waals surface area contributed by atoms with Crippen LogP contribution >= 0.6 is 0 Å². The minimum Gasteiger partial charge on any atom is -0.466 e. The first kappa shape index (κ1) is 9.65. The third-order valence-electron chi connectivity index (χ3n) is 2.80. The fourth-order valence-electron chi connectivity index (χ4n) is 2.03. The lowest BCUT2D eigenvalue weighted by Crippen LogP contribution is -2.26. The highest BCUT2D eigenvalue weighted by atomic mass is 16.6. The zero-order valence-corrected chi connectivity index (χ0v) is 8.19. The molecule has 14 heavy (non-hydrogen) atoms. The van der Waals surface area contributed by atoms with Gasteiger partial charge in [-0.05, 0) is 19.3 Å². The van der Waals surface area contributed by atoms with Crippen LogP contribution in [0.5, 0.6) is 0 Å². The van der Waals surface area contributed by atoms with E-state index >= 15 is 0 Å². The second-order valence-corrected chi connectivity index (χ2v) is 3.80. The van der Waals surface area contributed by atoms with Gasteiger partial charge in [-0.25, -0.2) is 0 Å². The Kier molecular flexibility index (Phi) is 2.54. The lowest BCUT2D eigenvalue weighted by Gasteiger charge is -2.16. The fraction of sp³-hybridized carbons (Fsp3) is 0.800. The van der Waals surface area contributed by atoms with Crippen molar-refractivity contribution >= 4 is 11.8 Å². The number of esters is 1. The highest BCUT2D eigenvalue weighted by Crippen LogP contribution is 2.40. The van der Waals surface area contributed by atoms with Crippen LogP contribution in [-0.4, -0.2) is 30.6 Å². The molecular weight excluding hydrogens is 184 g/mol. The lowest BCUT2D eigenvalue weighted by atomic mass is 9.86. The predicted molar refractivity (Wildman–Crippen MR) is 47.6 cm³/mol. The summed E-state index contributed by atoms with van der Waals surface area (Å²) in [6.07, 6.45) is 1.50. The zero-order chi connectivity index (χ0) is 10.1. The van der Waals surface area contributed by atoms with Gasteiger partial charge >= 0.3 is 5.97 Å². The van der Waals surface area contributed by atoms with Crippen LogP contribution in [0.15, 0.2) is 0 Å². The van der Waals surface area contributed by atoms with Crippen molar-refractivity contribution in [3.05, 3.63) is 0 Å². The summed E-state index contributed by atoms with van der Waals surface area (Å²) in [4.78, 5) is 22.3. The van der Waals surface area contributed by atoms with Crippen molar-refractivity contribution in [2.75, 3.05) is 6.61 Å². The smallest absolute Gasteiger partial charge is 0.306 e. The van der Waals surface area contributed by atoms with E-state index in [-0.39, 0.29) is 29.9 Å². The van der Waals surface area contributed by atoms with Crippen LogP contribution in [0.2, 0.25) is 0 Å². The van der Waals surface area contributed by atoms with Crippen LogP contribution in [0.1, 0.15) is 26.2 Å². The van der Waals surface area contributed by atoms with Crippen molar-refractivity contribution in [3.8, 4) is 0 Å². The zero-order valence-electron chi connectivity index (χ0n) is 8.19. The molecule has 0 bridgehead atoms. The van der Waals surface area contributed by atoms with E-state index < -0.39 is 0 Å². The van der Waals surface area contributed by atoms with Gasteiger partial charge in [0.05, 0.1) is 19.1 Å². The summed E-state index contributed by atoms with van der Waals surface area (Å²) in [5.74, 6) is 0.202. The molecule has 2 fully saturated rings. The van der Waals surface area contributed by atoms with Crippen molar-refractivity contribution < 1.29 is 19.1 Å². The molecular formula is C10H14O4. The maximum absolute atomic E-state index is 11.2. The van der Waals surface area contributed by atoms with Crippen molar-refractivity contribution in [1.29, 1.82) is 0 Å². The van der Waals surface area contributed by atoms with E-state index in [1.807, 2.05) is 0 Å². The summed E-state index contributed by atoms with van der Waals surface area (Å²) in [5.41, 5.74) is 0. The molecule has 0 N–H and O–H groups in total. The minimum atomic E-state index is -0.205. The Labute approximate surface area is 82.6 Å². The van der Waals surface area contributed by atoms with Crippen LogP contribution < -0.4 is 0 Å². The quantitative estimate of drug-likeness (QED) is 0.494. The van der Waals surface area contributed by atoms with E-state index in [2.05, 4.69) is 0 Å². The Hall–Kier alpha value is -0.900. The summed E-state index contributed by atoms with van der Waals surface area (Å²) in [6, 6.07) is 0. The number of ketones is 1. The molecule has 1 saturated carbocycles. The lowest BCUT2D eigenvalue weighted by molar-refractivity contribution is -0.144.